The van der Waals surface area contributed by atoms with E-state index in [2.05, 4.69) is 33.2 Å². The Bertz CT molecular complexity index is 447. The topological polar surface area (TPSA) is 32.3 Å². The van der Waals surface area contributed by atoms with Gasteiger partial charge in [0.05, 0.1) is 5.56 Å². The maximum atomic E-state index is 12.1. The molecule has 0 aliphatic carbocycles. The van der Waals surface area contributed by atoms with Crippen LogP contribution in [0, 0.1) is 12.8 Å². The van der Waals surface area contributed by atoms with Gasteiger partial charge in [0.25, 0.3) is 5.91 Å². The highest BCUT2D eigenvalue weighted by Gasteiger charge is 2.20. The Morgan fingerprint density at radius 3 is 2.94 bits per heavy atom. The molecule has 1 N–H and O–H groups in total. The van der Waals surface area contributed by atoms with Gasteiger partial charge in [-0.1, -0.05) is 6.07 Å². The number of benzene rings is 1. The summed E-state index contributed by atoms with van der Waals surface area (Å²) >= 11 is 3.44. The van der Waals surface area contributed by atoms with Gasteiger partial charge >= 0.3 is 0 Å². The molecule has 0 aromatic heterocycles. The van der Waals surface area contributed by atoms with Crippen molar-refractivity contribution in [3.05, 3.63) is 33.8 Å². The summed E-state index contributed by atoms with van der Waals surface area (Å²) in [5.74, 6) is 0.597. The second-order valence-electron chi connectivity index (χ2n) is 5.11. The molecular weight excluding hydrogens is 292 g/mol. The van der Waals surface area contributed by atoms with Crippen molar-refractivity contribution in [2.75, 3.05) is 26.7 Å². The van der Waals surface area contributed by atoms with Gasteiger partial charge in [0.2, 0.25) is 0 Å². The second kappa shape index (κ2) is 5.85. The summed E-state index contributed by atoms with van der Waals surface area (Å²) in [5.41, 5.74) is 1.86. The highest BCUT2D eigenvalue weighted by Crippen LogP contribution is 2.19. The minimum atomic E-state index is 0.0106. The number of aryl methyl sites for hydroxylation is 1. The van der Waals surface area contributed by atoms with E-state index in [1.807, 2.05) is 25.1 Å². The van der Waals surface area contributed by atoms with E-state index in [0.29, 0.717) is 11.5 Å². The summed E-state index contributed by atoms with van der Waals surface area (Å²) in [7, 11) is 2.12. The third-order valence-corrected chi connectivity index (χ3v) is 4.07. The quantitative estimate of drug-likeness (QED) is 0.930. The maximum Gasteiger partial charge on any atom is 0.252 e. The molecule has 0 radical (unpaired) electrons. The first-order valence-corrected chi connectivity index (χ1v) is 7.08. The molecular formula is C14H19BrN2O. The molecule has 1 amide bonds. The third kappa shape index (κ3) is 3.33. The molecule has 1 aliphatic rings. The zero-order chi connectivity index (χ0) is 13.1. The smallest absolute Gasteiger partial charge is 0.252 e. The van der Waals surface area contributed by atoms with Crippen LogP contribution in [0.4, 0.5) is 0 Å². The van der Waals surface area contributed by atoms with E-state index >= 15 is 0 Å². The van der Waals surface area contributed by atoms with Crippen LogP contribution in [-0.2, 0) is 0 Å². The van der Waals surface area contributed by atoms with Crippen LogP contribution in [-0.4, -0.2) is 37.5 Å². The lowest BCUT2D eigenvalue weighted by molar-refractivity contribution is 0.0947. The summed E-state index contributed by atoms with van der Waals surface area (Å²) < 4.78 is 0.864. The first-order valence-electron chi connectivity index (χ1n) is 6.29. The fourth-order valence-corrected chi connectivity index (χ4v) is 3.00. The van der Waals surface area contributed by atoms with Gasteiger partial charge in [0.15, 0.2) is 0 Å². The van der Waals surface area contributed by atoms with Crippen LogP contribution in [0.3, 0.4) is 0 Å². The lowest BCUT2D eigenvalue weighted by Gasteiger charge is -2.12. The van der Waals surface area contributed by atoms with Gasteiger partial charge in [-0.3, -0.25) is 4.79 Å². The molecule has 1 heterocycles. The summed E-state index contributed by atoms with van der Waals surface area (Å²) in [6.45, 7) is 4.99. The second-order valence-corrected chi connectivity index (χ2v) is 5.96. The monoisotopic (exact) mass is 310 g/mol. The van der Waals surface area contributed by atoms with Crippen molar-refractivity contribution in [2.24, 2.45) is 5.92 Å². The Morgan fingerprint density at radius 1 is 1.56 bits per heavy atom. The number of amides is 1. The molecule has 1 unspecified atom stereocenters. The van der Waals surface area contributed by atoms with Crippen molar-refractivity contribution >= 4 is 21.8 Å². The Kier molecular flexibility index (Phi) is 4.40. The molecule has 2 rings (SSSR count). The van der Waals surface area contributed by atoms with Gasteiger partial charge < -0.3 is 10.2 Å². The van der Waals surface area contributed by atoms with Crippen molar-refractivity contribution in [3.63, 3.8) is 0 Å². The number of nitrogens with one attached hydrogen (secondary N) is 1. The van der Waals surface area contributed by atoms with Crippen LogP contribution >= 0.6 is 15.9 Å². The molecule has 1 fully saturated rings. The SMILES string of the molecule is Cc1ccc(C(=O)NCC2CCN(C)C2)c(Br)c1. The van der Waals surface area contributed by atoms with E-state index in [1.54, 1.807) is 0 Å². The molecule has 98 valence electrons. The molecule has 0 bridgehead atoms. The number of halogens is 1. The molecule has 1 aromatic rings. The number of hydrogen-bond donors (Lipinski definition) is 1. The number of carbonyl (C=O) groups is 1. The molecule has 3 nitrogen and oxygen atoms in total. The first kappa shape index (κ1) is 13.6. The number of hydrogen-bond acceptors (Lipinski definition) is 2. The van der Waals surface area contributed by atoms with E-state index in [9.17, 15) is 4.79 Å². The van der Waals surface area contributed by atoms with Gasteiger partial charge in [-0.05, 0) is 66.5 Å². The van der Waals surface area contributed by atoms with Gasteiger partial charge in [0, 0.05) is 17.6 Å². The lowest BCUT2D eigenvalue weighted by atomic mass is 10.1. The molecule has 0 spiro atoms. The van der Waals surface area contributed by atoms with Crippen molar-refractivity contribution in [3.8, 4) is 0 Å². The van der Waals surface area contributed by atoms with E-state index < -0.39 is 0 Å². The average Bonchev–Trinajstić information content (AvgIpc) is 2.72. The Balaban J connectivity index is 1.91. The zero-order valence-corrected chi connectivity index (χ0v) is 12.5. The molecule has 1 aromatic carbocycles. The van der Waals surface area contributed by atoms with Gasteiger partial charge in [-0.15, -0.1) is 0 Å². The molecule has 1 aliphatic heterocycles. The van der Waals surface area contributed by atoms with Crippen molar-refractivity contribution in [1.82, 2.24) is 10.2 Å². The predicted molar refractivity (Wildman–Crippen MR) is 76.8 cm³/mol. The van der Waals surface area contributed by atoms with Gasteiger partial charge in [-0.25, -0.2) is 0 Å². The Hall–Kier alpha value is -0.870. The van der Waals surface area contributed by atoms with Gasteiger partial charge in [-0.2, -0.15) is 0 Å². The summed E-state index contributed by atoms with van der Waals surface area (Å²) in [6, 6.07) is 5.80. The standard InChI is InChI=1S/C14H19BrN2O/c1-10-3-4-12(13(15)7-10)14(18)16-8-11-5-6-17(2)9-11/h3-4,7,11H,5-6,8-9H2,1-2H3,(H,16,18). The summed E-state index contributed by atoms with van der Waals surface area (Å²) in [5, 5.41) is 3.03. The van der Waals surface area contributed by atoms with Crippen molar-refractivity contribution < 1.29 is 4.79 Å². The number of likely N-dealkylation sites (tertiary alicyclic amines) is 1. The number of nitrogens with zero attached hydrogens (tertiary/aromatic N) is 1. The van der Waals surface area contributed by atoms with Crippen LogP contribution in [0.25, 0.3) is 0 Å². The first-order chi connectivity index (χ1) is 8.56. The largest absolute Gasteiger partial charge is 0.352 e. The highest BCUT2D eigenvalue weighted by atomic mass is 79.9. The molecule has 4 heteroatoms. The minimum absolute atomic E-state index is 0.0106. The van der Waals surface area contributed by atoms with Crippen LogP contribution in [0.1, 0.15) is 22.3 Å². The Morgan fingerprint density at radius 2 is 2.33 bits per heavy atom. The average molecular weight is 311 g/mol. The van der Waals surface area contributed by atoms with E-state index in [0.717, 1.165) is 29.7 Å². The third-order valence-electron chi connectivity index (χ3n) is 3.41. The zero-order valence-electron chi connectivity index (χ0n) is 10.9. The van der Waals surface area contributed by atoms with Crippen LogP contribution in [0.5, 0.6) is 0 Å². The van der Waals surface area contributed by atoms with Crippen LogP contribution in [0.15, 0.2) is 22.7 Å². The van der Waals surface area contributed by atoms with Crippen molar-refractivity contribution in [1.29, 1.82) is 0 Å². The van der Waals surface area contributed by atoms with Gasteiger partial charge in [0.1, 0.15) is 0 Å². The summed E-state index contributed by atoms with van der Waals surface area (Å²) in [6.07, 6.45) is 1.17. The van der Waals surface area contributed by atoms with Crippen LogP contribution < -0.4 is 5.32 Å². The van der Waals surface area contributed by atoms with E-state index in [4.69, 9.17) is 0 Å². The summed E-state index contributed by atoms with van der Waals surface area (Å²) in [4.78, 5) is 14.4. The molecule has 0 saturated carbocycles. The minimum Gasteiger partial charge on any atom is -0.352 e. The normalized spacial score (nSPS) is 20.1. The number of carbonyl (C=O) groups excluding carboxylic acids is 1. The molecule has 1 atom stereocenters. The molecule has 1 saturated heterocycles. The lowest BCUT2D eigenvalue weighted by Crippen LogP contribution is -2.30. The fourth-order valence-electron chi connectivity index (χ4n) is 2.33. The van der Waals surface area contributed by atoms with E-state index in [1.165, 1.54) is 6.42 Å². The van der Waals surface area contributed by atoms with Crippen molar-refractivity contribution in [2.45, 2.75) is 13.3 Å². The Labute approximate surface area is 117 Å². The predicted octanol–water partition coefficient (Wildman–Crippen LogP) is 2.44. The molecule has 18 heavy (non-hydrogen) atoms. The fraction of sp³-hybridized carbons (Fsp3) is 0.500. The maximum absolute atomic E-state index is 12.1. The highest BCUT2D eigenvalue weighted by molar-refractivity contribution is 9.10. The van der Waals surface area contributed by atoms with E-state index in [-0.39, 0.29) is 5.91 Å². The van der Waals surface area contributed by atoms with Crippen LogP contribution in [0.2, 0.25) is 0 Å². The number of rotatable bonds is 3.